The van der Waals surface area contributed by atoms with Crippen LogP contribution in [0.5, 0.6) is 0 Å². The smallest absolute Gasteiger partial charge is 0.202 e. The van der Waals surface area contributed by atoms with E-state index in [2.05, 4.69) is 21.0 Å². The summed E-state index contributed by atoms with van der Waals surface area (Å²) in [6.45, 7) is 0. The zero-order chi connectivity index (χ0) is 12.1. The van der Waals surface area contributed by atoms with Crippen LogP contribution in [-0.2, 0) is 6.42 Å². The summed E-state index contributed by atoms with van der Waals surface area (Å²) in [6.07, 6.45) is 3.79. The van der Waals surface area contributed by atoms with Gasteiger partial charge in [-0.05, 0) is 22.8 Å². The molecule has 2 aromatic rings. The predicted molar refractivity (Wildman–Crippen MR) is 67.3 cm³/mol. The first-order valence-electron chi connectivity index (χ1n) is 5.19. The Morgan fingerprint density at radius 3 is 2.41 bits per heavy atom. The summed E-state index contributed by atoms with van der Waals surface area (Å²) >= 11 is 3.35. The summed E-state index contributed by atoms with van der Waals surface area (Å²) in [6, 6.07) is 13.2. The molecule has 1 heterocycles. The van der Waals surface area contributed by atoms with E-state index >= 15 is 0 Å². The lowest BCUT2D eigenvalue weighted by Crippen LogP contribution is -2.33. The lowest BCUT2D eigenvalue weighted by Gasteiger charge is -2.06. The first-order chi connectivity index (χ1) is 8.24. The van der Waals surface area contributed by atoms with Gasteiger partial charge in [-0.15, -0.1) is 0 Å². The van der Waals surface area contributed by atoms with E-state index in [1.807, 2.05) is 42.5 Å². The summed E-state index contributed by atoms with van der Waals surface area (Å²) in [7, 11) is 0. The second kappa shape index (κ2) is 5.59. The zero-order valence-corrected chi connectivity index (χ0v) is 10.7. The first-order valence-corrected chi connectivity index (χ1v) is 5.99. The van der Waals surface area contributed by atoms with Crippen molar-refractivity contribution in [3.8, 4) is 0 Å². The van der Waals surface area contributed by atoms with Crippen LogP contribution in [0, 0.1) is 0 Å². The minimum absolute atomic E-state index is 0.163. The number of nitrogens with zero attached hydrogens (tertiary/aromatic N) is 2. The van der Waals surface area contributed by atoms with E-state index < -0.39 is 0 Å². The quantitative estimate of drug-likeness (QED) is 0.480. The molecule has 0 spiro atoms. The van der Waals surface area contributed by atoms with Gasteiger partial charge in [-0.2, -0.15) is 0 Å². The third-order valence-corrected chi connectivity index (χ3v) is 2.72. The van der Waals surface area contributed by atoms with E-state index in [0.29, 0.717) is 6.42 Å². The summed E-state index contributed by atoms with van der Waals surface area (Å²) < 4.78 is 2.52. The van der Waals surface area contributed by atoms with Gasteiger partial charge in [0.25, 0.3) is 0 Å². The van der Waals surface area contributed by atoms with E-state index in [-0.39, 0.29) is 5.90 Å². The van der Waals surface area contributed by atoms with Crippen LogP contribution in [-0.4, -0.2) is 5.90 Å². The third-order valence-electron chi connectivity index (χ3n) is 2.20. The van der Waals surface area contributed by atoms with Crippen LogP contribution in [0.25, 0.3) is 0 Å². The topological polar surface area (TPSA) is 39.3 Å². The van der Waals surface area contributed by atoms with Crippen molar-refractivity contribution in [1.82, 2.24) is 0 Å². The maximum absolute atomic E-state index is 11.7. The molecule has 0 bridgehead atoms. The van der Waals surface area contributed by atoms with Gasteiger partial charge < -0.3 is 5.11 Å². The second-order valence-electron chi connectivity index (χ2n) is 3.55. The Morgan fingerprint density at radius 2 is 1.76 bits per heavy atom. The number of aromatic nitrogens is 1. The third kappa shape index (κ3) is 3.67. The molecule has 17 heavy (non-hydrogen) atoms. The van der Waals surface area contributed by atoms with Crippen molar-refractivity contribution < 1.29 is 9.78 Å². The lowest BCUT2D eigenvalue weighted by atomic mass is 10.1. The van der Waals surface area contributed by atoms with E-state index in [1.165, 1.54) is 4.68 Å². The van der Waals surface area contributed by atoms with Crippen LogP contribution in [0.4, 0.5) is 0 Å². The molecule has 0 aliphatic rings. The van der Waals surface area contributed by atoms with Crippen molar-refractivity contribution in [2.75, 3.05) is 0 Å². The van der Waals surface area contributed by atoms with Crippen molar-refractivity contribution >= 4 is 21.8 Å². The van der Waals surface area contributed by atoms with Gasteiger partial charge in [-0.3, -0.25) is 0 Å². The normalized spacial score (nSPS) is 11.5. The van der Waals surface area contributed by atoms with Crippen LogP contribution >= 0.6 is 15.9 Å². The average Bonchev–Trinajstić information content (AvgIpc) is 2.33. The molecule has 0 aliphatic carbocycles. The molecule has 0 atom stereocenters. The largest absolute Gasteiger partial charge is 0.857 e. The van der Waals surface area contributed by atoms with Crippen molar-refractivity contribution in [3.05, 3.63) is 64.9 Å². The Bertz CT molecular complexity index is 509. The highest BCUT2D eigenvalue weighted by Gasteiger charge is 1.97. The number of rotatable bonds is 3. The monoisotopic (exact) mass is 290 g/mol. The van der Waals surface area contributed by atoms with Gasteiger partial charge >= 0.3 is 0 Å². The molecule has 4 heteroatoms. The van der Waals surface area contributed by atoms with E-state index in [0.717, 1.165) is 10.0 Å². The standard InChI is InChI=1S/C13H11BrN2O/c14-12-6-4-11(5-7-12)10-13(17)15-16-8-2-1-3-9-16/h1-9H,10H2. The lowest BCUT2D eigenvalue weighted by molar-refractivity contribution is -0.681. The van der Waals surface area contributed by atoms with Gasteiger partial charge in [0.05, 0.1) is 0 Å². The maximum atomic E-state index is 11.7. The molecule has 3 nitrogen and oxygen atoms in total. The molecule has 1 aromatic heterocycles. The van der Waals surface area contributed by atoms with Crippen molar-refractivity contribution in [2.45, 2.75) is 6.42 Å². The summed E-state index contributed by atoms with van der Waals surface area (Å²) in [5.74, 6) is -0.163. The SMILES string of the molecule is [O-]C(Cc1ccc(Br)cc1)=N[n+]1ccccc1. The molecule has 0 saturated heterocycles. The molecular formula is C13H11BrN2O. The molecule has 2 rings (SSSR count). The number of pyridine rings is 1. The minimum Gasteiger partial charge on any atom is -0.857 e. The van der Waals surface area contributed by atoms with E-state index in [1.54, 1.807) is 12.4 Å². The van der Waals surface area contributed by atoms with E-state index in [4.69, 9.17) is 0 Å². The summed E-state index contributed by atoms with van der Waals surface area (Å²) in [5, 5.41) is 15.6. The van der Waals surface area contributed by atoms with Crippen molar-refractivity contribution in [3.63, 3.8) is 0 Å². The Labute approximate surface area is 108 Å². The number of hydrogen-bond donors (Lipinski definition) is 0. The molecule has 0 aliphatic heterocycles. The van der Waals surface area contributed by atoms with Gasteiger partial charge in [0.1, 0.15) is 0 Å². The highest BCUT2D eigenvalue weighted by molar-refractivity contribution is 9.10. The minimum atomic E-state index is -0.163. The Morgan fingerprint density at radius 1 is 1.12 bits per heavy atom. The second-order valence-corrected chi connectivity index (χ2v) is 4.47. The molecular weight excluding hydrogens is 280 g/mol. The van der Waals surface area contributed by atoms with Gasteiger partial charge in [-0.25, -0.2) is 0 Å². The molecule has 0 unspecified atom stereocenters. The molecule has 0 radical (unpaired) electrons. The molecule has 0 saturated carbocycles. The Balaban J connectivity index is 2.09. The van der Waals surface area contributed by atoms with Crippen LogP contribution < -0.4 is 9.78 Å². The van der Waals surface area contributed by atoms with Crippen molar-refractivity contribution in [1.29, 1.82) is 0 Å². The van der Waals surface area contributed by atoms with Crippen LogP contribution in [0.3, 0.4) is 0 Å². The summed E-state index contributed by atoms with van der Waals surface area (Å²) in [5.41, 5.74) is 0.957. The van der Waals surface area contributed by atoms with Gasteiger partial charge in [0.15, 0.2) is 0 Å². The average molecular weight is 291 g/mol. The number of halogens is 1. The van der Waals surface area contributed by atoms with E-state index in [9.17, 15) is 5.11 Å². The maximum Gasteiger partial charge on any atom is 0.202 e. The molecule has 0 N–H and O–H groups in total. The Hall–Kier alpha value is -1.68. The molecule has 0 amide bonds. The zero-order valence-electron chi connectivity index (χ0n) is 9.08. The fourth-order valence-corrected chi connectivity index (χ4v) is 1.66. The van der Waals surface area contributed by atoms with Crippen LogP contribution in [0.15, 0.2) is 64.4 Å². The van der Waals surface area contributed by atoms with Gasteiger partial charge in [0, 0.05) is 28.9 Å². The first kappa shape index (κ1) is 11.8. The van der Waals surface area contributed by atoms with Gasteiger partial charge in [0.2, 0.25) is 12.4 Å². The number of benzene rings is 1. The molecule has 0 fully saturated rings. The Kier molecular flexibility index (Phi) is 3.88. The predicted octanol–water partition coefficient (Wildman–Crippen LogP) is 1.50. The van der Waals surface area contributed by atoms with Crippen molar-refractivity contribution in [2.24, 2.45) is 5.10 Å². The van der Waals surface area contributed by atoms with Crippen LogP contribution in [0.1, 0.15) is 5.56 Å². The highest BCUT2D eigenvalue weighted by Crippen LogP contribution is 2.10. The number of hydrogen-bond acceptors (Lipinski definition) is 2. The fraction of sp³-hybridized carbons (Fsp3) is 0.0769. The van der Waals surface area contributed by atoms with Gasteiger partial charge in [-0.1, -0.05) is 38.8 Å². The highest BCUT2D eigenvalue weighted by atomic mass is 79.9. The molecule has 1 aromatic carbocycles. The van der Waals surface area contributed by atoms with Crippen LogP contribution in [0.2, 0.25) is 0 Å². The fourth-order valence-electron chi connectivity index (χ4n) is 1.40. The molecule has 86 valence electrons. The summed E-state index contributed by atoms with van der Waals surface area (Å²) in [4.78, 5) is 0.